The van der Waals surface area contributed by atoms with Gasteiger partial charge in [-0.3, -0.25) is 4.79 Å². The minimum Gasteiger partial charge on any atom is -0.336 e. The summed E-state index contributed by atoms with van der Waals surface area (Å²) in [6.07, 6.45) is 3.19. The largest absolute Gasteiger partial charge is 0.336 e. The molecule has 2 aromatic carbocycles. The molecular weight excluding hydrogens is 353 g/mol. The van der Waals surface area contributed by atoms with Gasteiger partial charge in [0.1, 0.15) is 5.82 Å². The number of carbonyl (C=O) groups is 1. The highest BCUT2D eigenvalue weighted by Gasteiger charge is 2.32. The van der Waals surface area contributed by atoms with E-state index in [9.17, 15) is 9.18 Å². The summed E-state index contributed by atoms with van der Waals surface area (Å²) in [6, 6.07) is 17.9. The van der Waals surface area contributed by atoms with Crippen molar-refractivity contribution in [2.24, 2.45) is 0 Å². The summed E-state index contributed by atoms with van der Waals surface area (Å²) >= 11 is 0. The summed E-state index contributed by atoms with van der Waals surface area (Å²) < 4.78 is 13.1. The summed E-state index contributed by atoms with van der Waals surface area (Å²) in [5.41, 5.74) is 3.85. The lowest BCUT2D eigenvalue weighted by atomic mass is 10.1. The maximum atomic E-state index is 13.1. The van der Waals surface area contributed by atoms with E-state index in [1.807, 2.05) is 41.3 Å². The molecule has 0 saturated heterocycles. The summed E-state index contributed by atoms with van der Waals surface area (Å²) in [5.74, 6) is -0.171. The Morgan fingerprint density at radius 1 is 0.929 bits per heavy atom. The van der Waals surface area contributed by atoms with Gasteiger partial charge in [-0.05, 0) is 67.8 Å². The molecule has 3 aromatic rings. The third-order valence-corrected chi connectivity index (χ3v) is 4.95. The maximum Gasteiger partial charge on any atom is 0.254 e. The molecule has 28 heavy (non-hydrogen) atoms. The normalized spacial score (nSPS) is 13.4. The maximum absolute atomic E-state index is 13.1. The Hall–Kier alpha value is -3.08. The molecule has 0 spiro atoms. The first kappa shape index (κ1) is 18.3. The van der Waals surface area contributed by atoms with Crippen molar-refractivity contribution in [1.82, 2.24) is 15.1 Å². The Kier molecular flexibility index (Phi) is 5.15. The Bertz CT molecular complexity index is 949. The van der Waals surface area contributed by atoms with E-state index < -0.39 is 0 Å². The fourth-order valence-electron chi connectivity index (χ4n) is 3.29. The zero-order valence-corrected chi connectivity index (χ0v) is 15.8. The third kappa shape index (κ3) is 3.93. The van der Waals surface area contributed by atoms with Gasteiger partial charge in [0.05, 0.1) is 11.4 Å². The number of amides is 1. The molecule has 4 rings (SSSR count). The van der Waals surface area contributed by atoms with Crippen molar-refractivity contribution in [3.05, 3.63) is 72.0 Å². The number of carbonyl (C=O) groups excluding carboxylic acids is 1. The molecular formula is C23H22FN3O. The van der Waals surface area contributed by atoms with E-state index in [0.29, 0.717) is 17.3 Å². The lowest BCUT2D eigenvalue weighted by Crippen LogP contribution is -2.33. The second kappa shape index (κ2) is 7.89. The van der Waals surface area contributed by atoms with Gasteiger partial charge in [-0.2, -0.15) is 0 Å². The molecule has 0 aliphatic heterocycles. The Balaban J connectivity index is 1.50. The first-order valence-corrected chi connectivity index (χ1v) is 9.67. The van der Waals surface area contributed by atoms with Crippen LogP contribution in [0.3, 0.4) is 0 Å². The highest BCUT2D eigenvalue weighted by Crippen LogP contribution is 2.29. The molecule has 0 radical (unpaired) electrons. The Morgan fingerprint density at radius 3 is 1.93 bits per heavy atom. The highest BCUT2D eigenvalue weighted by atomic mass is 19.1. The second-order valence-corrected chi connectivity index (χ2v) is 7.12. The second-order valence-electron chi connectivity index (χ2n) is 7.12. The van der Waals surface area contributed by atoms with Gasteiger partial charge in [0.25, 0.3) is 5.91 Å². The van der Waals surface area contributed by atoms with Crippen LogP contribution in [0.15, 0.2) is 60.7 Å². The number of nitrogens with zero attached hydrogens (tertiary/aromatic N) is 3. The van der Waals surface area contributed by atoms with Crippen LogP contribution in [0.2, 0.25) is 0 Å². The van der Waals surface area contributed by atoms with E-state index in [2.05, 4.69) is 17.1 Å². The molecule has 0 unspecified atom stereocenters. The first-order valence-electron chi connectivity index (χ1n) is 9.67. The van der Waals surface area contributed by atoms with Gasteiger partial charge < -0.3 is 4.90 Å². The number of hydrogen-bond donors (Lipinski definition) is 0. The van der Waals surface area contributed by atoms with Crippen LogP contribution in [0.1, 0.15) is 36.5 Å². The fourth-order valence-corrected chi connectivity index (χ4v) is 3.29. The number of rotatable bonds is 6. The summed E-state index contributed by atoms with van der Waals surface area (Å²) in [4.78, 5) is 14.8. The van der Waals surface area contributed by atoms with Crippen molar-refractivity contribution in [3.63, 3.8) is 0 Å². The summed E-state index contributed by atoms with van der Waals surface area (Å²) in [6.45, 7) is 2.90. The molecule has 1 saturated carbocycles. The van der Waals surface area contributed by atoms with Gasteiger partial charge in [-0.1, -0.05) is 19.1 Å². The van der Waals surface area contributed by atoms with Crippen LogP contribution < -0.4 is 0 Å². The average molecular weight is 375 g/mol. The van der Waals surface area contributed by atoms with Crippen molar-refractivity contribution in [2.75, 3.05) is 6.54 Å². The monoisotopic (exact) mass is 375 g/mol. The molecule has 0 atom stereocenters. The van der Waals surface area contributed by atoms with Crippen LogP contribution in [-0.4, -0.2) is 33.6 Å². The number of hydrogen-bond acceptors (Lipinski definition) is 3. The van der Waals surface area contributed by atoms with Gasteiger partial charge in [0.15, 0.2) is 0 Å². The molecule has 4 nitrogen and oxygen atoms in total. The molecule has 1 aliphatic carbocycles. The van der Waals surface area contributed by atoms with Crippen molar-refractivity contribution >= 4 is 5.91 Å². The standard InChI is InChI=1S/C23H22FN3O/c1-2-15-27(20-11-12-20)23(28)18-5-3-16(4-6-18)21-13-14-22(26-25-21)17-7-9-19(24)10-8-17/h3-10,13-14,20H,2,11-12,15H2,1H3. The van der Waals surface area contributed by atoms with Crippen LogP contribution in [0.25, 0.3) is 22.5 Å². The van der Waals surface area contributed by atoms with Crippen molar-refractivity contribution in [1.29, 1.82) is 0 Å². The van der Waals surface area contributed by atoms with Gasteiger partial charge in [0.2, 0.25) is 0 Å². The van der Waals surface area contributed by atoms with Gasteiger partial charge in [0, 0.05) is 29.3 Å². The van der Waals surface area contributed by atoms with Crippen molar-refractivity contribution < 1.29 is 9.18 Å². The van der Waals surface area contributed by atoms with Gasteiger partial charge >= 0.3 is 0 Å². The molecule has 5 heteroatoms. The topological polar surface area (TPSA) is 46.1 Å². The lowest BCUT2D eigenvalue weighted by Gasteiger charge is -2.21. The first-order chi connectivity index (χ1) is 13.7. The van der Waals surface area contributed by atoms with Crippen LogP contribution in [0, 0.1) is 5.82 Å². The number of halogens is 1. The van der Waals surface area contributed by atoms with Gasteiger partial charge in [-0.25, -0.2) is 4.39 Å². The molecule has 1 heterocycles. The van der Waals surface area contributed by atoms with Crippen molar-refractivity contribution in [3.8, 4) is 22.5 Å². The number of benzene rings is 2. The zero-order chi connectivity index (χ0) is 19.5. The van der Waals surface area contributed by atoms with Gasteiger partial charge in [-0.15, -0.1) is 10.2 Å². The summed E-state index contributed by atoms with van der Waals surface area (Å²) in [5, 5.41) is 8.53. The van der Waals surface area contributed by atoms with Crippen LogP contribution in [0.5, 0.6) is 0 Å². The predicted molar refractivity (Wildman–Crippen MR) is 107 cm³/mol. The minimum absolute atomic E-state index is 0.105. The summed E-state index contributed by atoms with van der Waals surface area (Å²) in [7, 11) is 0. The predicted octanol–water partition coefficient (Wildman–Crippen LogP) is 4.96. The quantitative estimate of drug-likeness (QED) is 0.611. The van der Waals surface area contributed by atoms with E-state index in [0.717, 1.165) is 42.6 Å². The number of aromatic nitrogens is 2. The molecule has 1 fully saturated rings. The molecule has 0 bridgehead atoms. The Morgan fingerprint density at radius 2 is 1.46 bits per heavy atom. The smallest absolute Gasteiger partial charge is 0.254 e. The van der Waals surface area contributed by atoms with E-state index in [-0.39, 0.29) is 11.7 Å². The van der Waals surface area contributed by atoms with Crippen LogP contribution in [0.4, 0.5) is 4.39 Å². The molecule has 1 aliphatic rings. The average Bonchev–Trinajstić information content (AvgIpc) is 3.58. The van der Waals surface area contributed by atoms with E-state index in [1.54, 1.807) is 12.1 Å². The molecule has 1 aromatic heterocycles. The SMILES string of the molecule is CCCN(C(=O)c1ccc(-c2ccc(-c3ccc(F)cc3)nn2)cc1)C1CC1. The van der Waals surface area contributed by atoms with Crippen LogP contribution in [-0.2, 0) is 0 Å². The minimum atomic E-state index is -0.276. The lowest BCUT2D eigenvalue weighted by molar-refractivity contribution is 0.0743. The highest BCUT2D eigenvalue weighted by molar-refractivity contribution is 5.95. The van der Waals surface area contributed by atoms with E-state index in [4.69, 9.17) is 0 Å². The van der Waals surface area contributed by atoms with Crippen LogP contribution >= 0.6 is 0 Å². The third-order valence-electron chi connectivity index (χ3n) is 4.95. The zero-order valence-electron chi connectivity index (χ0n) is 15.8. The van der Waals surface area contributed by atoms with E-state index >= 15 is 0 Å². The van der Waals surface area contributed by atoms with Crippen molar-refractivity contribution in [2.45, 2.75) is 32.2 Å². The fraction of sp³-hybridized carbons (Fsp3) is 0.261. The molecule has 0 N–H and O–H groups in total. The molecule has 142 valence electrons. The van der Waals surface area contributed by atoms with E-state index in [1.165, 1.54) is 12.1 Å². The molecule has 1 amide bonds. The Labute approximate surface area is 164 Å².